The lowest BCUT2D eigenvalue weighted by Gasteiger charge is -2.21. The number of methoxy groups -OCH3 is 1. The summed E-state index contributed by atoms with van der Waals surface area (Å²) in [4.78, 5) is 0. The van der Waals surface area contributed by atoms with Crippen LogP contribution in [0.1, 0.15) is 31.9 Å². The Labute approximate surface area is 102 Å². The molecule has 0 aromatic heterocycles. The van der Waals surface area contributed by atoms with Gasteiger partial charge in [-0.2, -0.15) is 0 Å². The molecule has 4 nitrogen and oxygen atoms in total. The zero-order chi connectivity index (χ0) is 12.8. The molecule has 17 heavy (non-hydrogen) atoms. The SMILES string of the molecule is COCCC(C)NC(C)c1c(O)cccc1O. The van der Waals surface area contributed by atoms with Crippen LogP contribution < -0.4 is 5.32 Å². The lowest BCUT2D eigenvalue weighted by Crippen LogP contribution is -2.30. The van der Waals surface area contributed by atoms with Crippen LogP contribution in [0.25, 0.3) is 0 Å². The van der Waals surface area contributed by atoms with Crippen molar-refractivity contribution in [1.82, 2.24) is 5.32 Å². The number of hydrogen-bond acceptors (Lipinski definition) is 4. The summed E-state index contributed by atoms with van der Waals surface area (Å²) in [5.74, 6) is 0.230. The second-order valence-electron chi connectivity index (χ2n) is 4.28. The fraction of sp³-hybridized carbons (Fsp3) is 0.538. The van der Waals surface area contributed by atoms with Crippen LogP contribution in [0.2, 0.25) is 0 Å². The first-order chi connectivity index (χ1) is 8.06. The maximum atomic E-state index is 9.73. The van der Waals surface area contributed by atoms with Gasteiger partial charge >= 0.3 is 0 Å². The first-order valence-corrected chi connectivity index (χ1v) is 5.82. The van der Waals surface area contributed by atoms with Gasteiger partial charge in [0.2, 0.25) is 0 Å². The number of benzene rings is 1. The van der Waals surface area contributed by atoms with Crippen LogP contribution in [0.15, 0.2) is 18.2 Å². The molecule has 0 heterocycles. The third kappa shape index (κ3) is 3.91. The molecule has 2 unspecified atom stereocenters. The van der Waals surface area contributed by atoms with Crippen molar-refractivity contribution >= 4 is 0 Å². The molecular weight excluding hydrogens is 218 g/mol. The Kier molecular flexibility index (Phi) is 5.25. The minimum atomic E-state index is -0.108. The van der Waals surface area contributed by atoms with Gasteiger partial charge in [-0.15, -0.1) is 0 Å². The molecular formula is C13H21NO3. The third-order valence-electron chi connectivity index (χ3n) is 2.78. The summed E-state index contributed by atoms with van der Waals surface area (Å²) < 4.78 is 5.01. The minimum absolute atomic E-state index is 0.108. The largest absolute Gasteiger partial charge is 0.507 e. The van der Waals surface area contributed by atoms with Crippen LogP contribution in [0.3, 0.4) is 0 Å². The van der Waals surface area contributed by atoms with E-state index in [0.29, 0.717) is 12.2 Å². The topological polar surface area (TPSA) is 61.7 Å². The van der Waals surface area contributed by atoms with E-state index in [-0.39, 0.29) is 23.6 Å². The summed E-state index contributed by atoms with van der Waals surface area (Å²) >= 11 is 0. The molecule has 0 amide bonds. The molecule has 0 radical (unpaired) electrons. The van der Waals surface area contributed by atoms with E-state index in [2.05, 4.69) is 5.32 Å². The van der Waals surface area contributed by atoms with Gasteiger partial charge in [0.05, 0.1) is 5.56 Å². The number of rotatable bonds is 6. The summed E-state index contributed by atoms with van der Waals surface area (Å²) in [6.45, 7) is 4.65. The molecule has 2 atom stereocenters. The van der Waals surface area contributed by atoms with E-state index < -0.39 is 0 Å². The highest BCUT2D eigenvalue weighted by Gasteiger charge is 2.16. The number of aromatic hydroxyl groups is 2. The molecule has 1 aromatic carbocycles. The van der Waals surface area contributed by atoms with Crippen molar-refractivity contribution in [1.29, 1.82) is 0 Å². The fourth-order valence-electron chi connectivity index (χ4n) is 1.87. The van der Waals surface area contributed by atoms with Crippen molar-refractivity contribution in [2.45, 2.75) is 32.4 Å². The second kappa shape index (κ2) is 6.47. The maximum absolute atomic E-state index is 9.73. The fourth-order valence-corrected chi connectivity index (χ4v) is 1.87. The van der Waals surface area contributed by atoms with E-state index in [4.69, 9.17) is 4.74 Å². The number of nitrogens with one attached hydrogen (secondary N) is 1. The first kappa shape index (κ1) is 13.8. The zero-order valence-corrected chi connectivity index (χ0v) is 10.6. The average molecular weight is 239 g/mol. The molecule has 0 aliphatic heterocycles. The van der Waals surface area contributed by atoms with Gasteiger partial charge in [-0.05, 0) is 32.4 Å². The van der Waals surface area contributed by atoms with Crippen molar-refractivity contribution in [3.63, 3.8) is 0 Å². The highest BCUT2D eigenvalue weighted by Crippen LogP contribution is 2.32. The van der Waals surface area contributed by atoms with E-state index in [1.807, 2.05) is 13.8 Å². The lowest BCUT2D eigenvalue weighted by atomic mass is 10.0. The van der Waals surface area contributed by atoms with Crippen molar-refractivity contribution in [3.8, 4) is 11.5 Å². The summed E-state index contributed by atoms with van der Waals surface area (Å²) in [5.41, 5.74) is 0.539. The van der Waals surface area contributed by atoms with Gasteiger partial charge in [-0.1, -0.05) is 6.07 Å². The van der Waals surface area contributed by atoms with E-state index in [1.54, 1.807) is 25.3 Å². The third-order valence-corrected chi connectivity index (χ3v) is 2.78. The summed E-state index contributed by atoms with van der Waals surface area (Å²) in [5, 5.41) is 22.8. The van der Waals surface area contributed by atoms with Crippen LogP contribution in [0.5, 0.6) is 11.5 Å². The molecule has 0 saturated heterocycles. The lowest BCUT2D eigenvalue weighted by molar-refractivity contribution is 0.183. The van der Waals surface area contributed by atoms with E-state index in [1.165, 1.54) is 0 Å². The molecule has 0 aliphatic rings. The molecule has 96 valence electrons. The van der Waals surface area contributed by atoms with Gasteiger partial charge in [-0.3, -0.25) is 0 Å². The van der Waals surface area contributed by atoms with E-state index >= 15 is 0 Å². The summed E-state index contributed by atoms with van der Waals surface area (Å²) in [6, 6.07) is 4.92. The molecule has 0 saturated carbocycles. The van der Waals surface area contributed by atoms with Gasteiger partial charge in [0, 0.05) is 25.8 Å². The Bertz CT molecular complexity index is 334. The smallest absolute Gasteiger partial charge is 0.124 e. The summed E-state index contributed by atoms with van der Waals surface area (Å²) in [7, 11) is 1.67. The first-order valence-electron chi connectivity index (χ1n) is 5.82. The molecule has 4 heteroatoms. The molecule has 0 bridgehead atoms. The molecule has 0 aliphatic carbocycles. The van der Waals surface area contributed by atoms with Gasteiger partial charge in [-0.25, -0.2) is 0 Å². The van der Waals surface area contributed by atoms with Gasteiger partial charge < -0.3 is 20.3 Å². The standard InChI is InChI=1S/C13H21NO3/c1-9(7-8-17-3)14-10(2)13-11(15)5-4-6-12(13)16/h4-6,9-10,14-16H,7-8H2,1-3H3. The van der Waals surface area contributed by atoms with Crippen molar-refractivity contribution in [3.05, 3.63) is 23.8 Å². The van der Waals surface area contributed by atoms with Crippen molar-refractivity contribution in [2.75, 3.05) is 13.7 Å². The highest BCUT2D eigenvalue weighted by atomic mass is 16.5. The van der Waals surface area contributed by atoms with Gasteiger partial charge in [0.15, 0.2) is 0 Å². The molecule has 3 N–H and O–H groups in total. The van der Waals surface area contributed by atoms with Crippen LogP contribution in [-0.4, -0.2) is 30.0 Å². The predicted octanol–water partition coefficient (Wildman–Crippen LogP) is 2.17. The summed E-state index contributed by atoms with van der Waals surface area (Å²) in [6.07, 6.45) is 0.884. The minimum Gasteiger partial charge on any atom is -0.507 e. The average Bonchev–Trinajstić information content (AvgIpc) is 2.26. The number of phenolic OH excluding ortho intramolecular Hbond substituents is 2. The molecule has 0 fully saturated rings. The second-order valence-corrected chi connectivity index (χ2v) is 4.28. The normalized spacial score (nSPS) is 14.5. The van der Waals surface area contributed by atoms with Crippen LogP contribution in [0, 0.1) is 0 Å². The monoisotopic (exact) mass is 239 g/mol. The van der Waals surface area contributed by atoms with Crippen LogP contribution in [0.4, 0.5) is 0 Å². The number of ether oxygens (including phenoxy) is 1. The number of hydrogen-bond donors (Lipinski definition) is 3. The Morgan fingerprint density at radius 1 is 1.24 bits per heavy atom. The van der Waals surface area contributed by atoms with Gasteiger partial charge in [0.25, 0.3) is 0 Å². The van der Waals surface area contributed by atoms with Gasteiger partial charge in [0.1, 0.15) is 11.5 Å². The molecule has 1 aromatic rings. The Hall–Kier alpha value is -1.26. The van der Waals surface area contributed by atoms with E-state index in [0.717, 1.165) is 6.42 Å². The Morgan fingerprint density at radius 2 is 1.82 bits per heavy atom. The Balaban J connectivity index is 2.66. The zero-order valence-electron chi connectivity index (χ0n) is 10.6. The van der Waals surface area contributed by atoms with Crippen LogP contribution >= 0.6 is 0 Å². The molecule has 0 spiro atoms. The highest BCUT2D eigenvalue weighted by molar-refractivity contribution is 5.44. The van der Waals surface area contributed by atoms with E-state index in [9.17, 15) is 10.2 Å². The van der Waals surface area contributed by atoms with Crippen molar-refractivity contribution in [2.24, 2.45) is 0 Å². The molecule has 1 rings (SSSR count). The quantitative estimate of drug-likeness (QED) is 0.712. The predicted molar refractivity (Wildman–Crippen MR) is 67.3 cm³/mol. The maximum Gasteiger partial charge on any atom is 0.124 e. The number of phenols is 2. The Morgan fingerprint density at radius 3 is 2.35 bits per heavy atom. The van der Waals surface area contributed by atoms with Crippen molar-refractivity contribution < 1.29 is 14.9 Å². The van der Waals surface area contributed by atoms with Crippen LogP contribution in [-0.2, 0) is 4.74 Å².